The van der Waals surface area contributed by atoms with Crippen molar-refractivity contribution in [3.05, 3.63) is 29.8 Å². The summed E-state index contributed by atoms with van der Waals surface area (Å²) in [5, 5.41) is 0. The van der Waals surface area contributed by atoms with Gasteiger partial charge >= 0.3 is 0 Å². The zero-order chi connectivity index (χ0) is 17.2. The van der Waals surface area contributed by atoms with E-state index in [0.717, 1.165) is 23.9 Å². The molecule has 0 bridgehead atoms. The van der Waals surface area contributed by atoms with Crippen LogP contribution in [0.1, 0.15) is 38.2 Å². The van der Waals surface area contributed by atoms with Gasteiger partial charge in [-0.05, 0) is 24.0 Å². The molecule has 1 saturated heterocycles. The van der Waals surface area contributed by atoms with Crippen LogP contribution >= 0.6 is 0 Å². The number of carbonyl (C=O) groups excluding carboxylic acids is 2. The van der Waals surface area contributed by atoms with E-state index in [9.17, 15) is 18.0 Å². The molecule has 0 spiro atoms. The Bertz CT molecular complexity index is 715. The van der Waals surface area contributed by atoms with Gasteiger partial charge in [0.25, 0.3) is 0 Å². The number of anilines is 1. The van der Waals surface area contributed by atoms with Gasteiger partial charge in [0.2, 0.25) is 21.8 Å². The van der Waals surface area contributed by atoms with Crippen LogP contribution < -0.4 is 9.62 Å². The van der Waals surface area contributed by atoms with Crippen LogP contribution in [0.25, 0.3) is 0 Å². The fourth-order valence-corrected chi connectivity index (χ4v) is 3.28. The minimum Gasteiger partial charge on any atom is -0.311 e. The van der Waals surface area contributed by atoms with E-state index in [1.807, 2.05) is 29.0 Å². The molecule has 0 aromatic heterocycles. The van der Waals surface area contributed by atoms with Crippen molar-refractivity contribution in [3.63, 3.8) is 0 Å². The van der Waals surface area contributed by atoms with Gasteiger partial charge in [-0.25, -0.2) is 8.42 Å². The molecule has 1 N–H and O–H groups in total. The Kier molecular flexibility index (Phi) is 5.09. The molecule has 0 aliphatic carbocycles. The highest BCUT2D eigenvalue weighted by atomic mass is 32.2. The fraction of sp³-hybridized carbons (Fsp3) is 0.500. The highest BCUT2D eigenvalue weighted by molar-refractivity contribution is 7.89. The normalized spacial score (nSPS) is 19.7. The summed E-state index contributed by atoms with van der Waals surface area (Å²) in [6.07, 6.45) is 1.89. The van der Waals surface area contributed by atoms with Crippen molar-refractivity contribution >= 4 is 27.5 Å². The van der Waals surface area contributed by atoms with Gasteiger partial charge in [-0.15, -0.1) is 0 Å². The number of benzene rings is 1. The number of sulfonamides is 1. The topological polar surface area (TPSA) is 83.6 Å². The molecular weight excluding hydrogens is 316 g/mol. The van der Waals surface area contributed by atoms with Crippen molar-refractivity contribution in [3.8, 4) is 0 Å². The van der Waals surface area contributed by atoms with Crippen molar-refractivity contribution in [2.24, 2.45) is 5.92 Å². The summed E-state index contributed by atoms with van der Waals surface area (Å²) in [7, 11) is -3.62. The van der Waals surface area contributed by atoms with Crippen LogP contribution in [0.2, 0.25) is 0 Å². The summed E-state index contributed by atoms with van der Waals surface area (Å²) in [4.78, 5) is 25.9. The molecule has 1 aliphatic heterocycles. The zero-order valence-corrected chi connectivity index (χ0v) is 14.4. The zero-order valence-electron chi connectivity index (χ0n) is 13.6. The summed E-state index contributed by atoms with van der Waals surface area (Å²) in [6.45, 7) is 4.37. The fourth-order valence-electron chi connectivity index (χ4n) is 2.75. The third kappa shape index (κ3) is 4.10. The molecule has 2 amide bonds. The molecule has 0 saturated carbocycles. The maximum absolute atomic E-state index is 12.3. The number of rotatable bonds is 5. The molecule has 2 atom stereocenters. The molecule has 2 rings (SSSR count). The average molecular weight is 338 g/mol. The lowest BCUT2D eigenvalue weighted by atomic mass is 9.96. The molecule has 1 aliphatic rings. The van der Waals surface area contributed by atoms with Crippen molar-refractivity contribution in [1.82, 2.24) is 4.72 Å². The van der Waals surface area contributed by atoms with E-state index in [1.165, 1.54) is 0 Å². The van der Waals surface area contributed by atoms with Gasteiger partial charge in [0.1, 0.15) is 0 Å². The van der Waals surface area contributed by atoms with Gasteiger partial charge in [0, 0.05) is 18.7 Å². The van der Waals surface area contributed by atoms with Gasteiger partial charge in [0.05, 0.1) is 12.2 Å². The molecule has 0 radical (unpaired) electrons. The molecule has 0 unspecified atom stereocenters. The highest BCUT2D eigenvalue weighted by Crippen LogP contribution is 2.33. The van der Waals surface area contributed by atoms with Crippen molar-refractivity contribution in [2.75, 3.05) is 17.7 Å². The maximum Gasteiger partial charge on any atom is 0.238 e. The van der Waals surface area contributed by atoms with Crippen LogP contribution in [0.5, 0.6) is 0 Å². The molecule has 1 heterocycles. The molecular formula is C16H22N2O4S. The predicted octanol–water partition coefficient (Wildman–Crippen LogP) is 1.63. The quantitative estimate of drug-likeness (QED) is 0.884. The van der Waals surface area contributed by atoms with Crippen LogP contribution in [0.4, 0.5) is 5.69 Å². The van der Waals surface area contributed by atoms with E-state index < -0.39 is 21.8 Å². The second-order valence-electron chi connectivity index (χ2n) is 6.01. The summed E-state index contributed by atoms with van der Waals surface area (Å²) >= 11 is 0. The third-order valence-electron chi connectivity index (χ3n) is 4.15. The number of para-hydroxylation sites is 1. The Morgan fingerprint density at radius 3 is 2.65 bits per heavy atom. The van der Waals surface area contributed by atoms with Gasteiger partial charge in [-0.1, -0.05) is 32.0 Å². The Balaban J connectivity index is 2.23. The summed E-state index contributed by atoms with van der Waals surface area (Å²) in [6, 6.07) is 7.65. The van der Waals surface area contributed by atoms with E-state index in [4.69, 9.17) is 0 Å². The van der Waals surface area contributed by atoms with Crippen molar-refractivity contribution in [1.29, 1.82) is 0 Å². The first-order chi connectivity index (χ1) is 10.7. The van der Waals surface area contributed by atoms with Crippen LogP contribution in [0.15, 0.2) is 24.3 Å². The first-order valence-electron chi connectivity index (χ1n) is 7.63. The van der Waals surface area contributed by atoms with Crippen LogP contribution in [0, 0.1) is 5.92 Å². The third-order valence-corrected chi connectivity index (χ3v) is 4.72. The molecule has 1 fully saturated rings. The first kappa shape index (κ1) is 17.5. The molecule has 1 aromatic carbocycles. The molecule has 1 aromatic rings. The minimum absolute atomic E-state index is 0.0240. The molecule has 23 heavy (non-hydrogen) atoms. The van der Waals surface area contributed by atoms with Gasteiger partial charge in [-0.2, -0.15) is 0 Å². The smallest absolute Gasteiger partial charge is 0.238 e. The summed E-state index contributed by atoms with van der Waals surface area (Å²) in [5.74, 6) is -1.14. The van der Waals surface area contributed by atoms with E-state index >= 15 is 0 Å². The van der Waals surface area contributed by atoms with E-state index in [0.29, 0.717) is 5.92 Å². The predicted molar refractivity (Wildman–Crippen MR) is 88.6 cm³/mol. The number of carbonyl (C=O) groups is 2. The van der Waals surface area contributed by atoms with Gasteiger partial charge in [0.15, 0.2) is 0 Å². The number of amides is 2. The standard InChI is InChI=1S/C16H22N2O4S/c1-4-11(2)13-7-5-6-8-14(13)18-10-12(9-15(18)19)16(20)17-23(3,21)22/h5-8,11-12H,4,9-10H2,1-3H3,(H,17,20)/t11-,12-/m0/s1. The monoisotopic (exact) mass is 338 g/mol. The second-order valence-corrected chi connectivity index (χ2v) is 7.76. The Morgan fingerprint density at radius 1 is 1.39 bits per heavy atom. The average Bonchev–Trinajstić information content (AvgIpc) is 2.87. The Labute approximate surface area is 136 Å². The van der Waals surface area contributed by atoms with Crippen molar-refractivity contribution in [2.45, 2.75) is 32.6 Å². The highest BCUT2D eigenvalue weighted by Gasteiger charge is 2.37. The van der Waals surface area contributed by atoms with Crippen LogP contribution in [-0.4, -0.2) is 33.0 Å². The maximum atomic E-state index is 12.3. The lowest BCUT2D eigenvalue weighted by Gasteiger charge is -2.23. The second kappa shape index (κ2) is 6.70. The Morgan fingerprint density at radius 2 is 2.04 bits per heavy atom. The minimum atomic E-state index is -3.62. The van der Waals surface area contributed by atoms with E-state index in [1.54, 1.807) is 4.90 Å². The van der Waals surface area contributed by atoms with Gasteiger partial charge in [-0.3, -0.25) is 14.3 Å². The van der Waals surface area contributed by atoms with E-state index in [-0.39, 0.29) is 18.9 Å². The summed E-state index contributed by atoms with van der Waals surface area (Å²) in [5.41, 5.74) is 1.87. The number of hydrogen-bond donors (Lipinski definition) is 1. The molecule has 6 nitrogen and oxygen atoms in total. The van der Waals surface area contributed by atoms with Gasteiger partial charge < -0.3 is 4.90 Å². The van der Waals surface area contributed by atoms with Crippen LogP contribution in [-0.2, 0) is 19.6 Å². The van der Waals surface area contributed by atoms with Crippen LogP contribution in [0.3, 0.4) is 0 Å². The Hall–Kier alpha value is -1.89. The SMILES string of the molecule is CC[C@H](C)c1ccccc1N1C[C@@H](C(=O)NS(C)(=O)=O)CC1=O. The summed E-state index contributed by atoms with van der Waals surface area (Å²) < 4.78 is 24.3. The lowest BCUT2D eigenvalue weighted by molar-refractivity contribution is -0.124. The first-order valence-corrected chi connectivity index (χ1v) is 9.53. The van der Waals surface area contributed by atoms with E-state index in [2.05, 4.69) is 13.8 Å². The number of nitrogens with one attached hydrogen (secondary N) is 1. The number of nitrogens with zero attached hydrogens (tertiary/aromatic N) is 1. The largest absolute Gasteiger partial charge is 0.311 e. The number of hydrogen-bond acceptors (Lipinski definition) is 4. The van der Waals surface area contributed by atoms with Crippen molar-refractivity contribution < 1.29 is 18.0 Å². The molecule has 126 valence electrons. The lowest BCUT2D eigenvalue weighted by Crippen LogP contribution is -2.36. The molecule has 7 heteroatoms.